The van der Waals surface area contributed by atoms with Gasteiger partial charge in [-0.05, 0) is 42.7 Å². The molecular formula is C20H19N5OS. The molecule has 0 aliphatic heterocycles. The second-order valence-corrected chi connectivity index (χ2v) is 6.66. The average molecular weight is 377 g/mol. The third-order valence-electron chi connectivity index (χ3n) is 3.78. The molecule has 6 nitrogen and oxygen atoms in total. The number of hydrogen-bond acceptors (Lipinski definition) is 5. The number of nitrogens with zero attached hydrogens (tertiary/aromatic N) is 2. The maximum absolute atomic E-state index is 12.0. The van der Waals surface area contributed by atoms with Gasteiger partial charge in [-0.3, -0.25) is 0 Å². The van der Waals surface area contributed by atoms with Crippen molar-refractivity contribution in [3.63, 3.8) is 0 Å². The van der Waals surface area contributed by atoms with Crippen LogP contribution in [0.25, 0.3) is 10.9 Å². The minimum absolute atomic E-state index is 0.239. The number of rotatable bonds is 6. The molecule has 1 aromatic heterocycles. The molecule has 7 heteroatoms. The van der Waals surface area contributed by atoms with E-state index in [2.05, 4.69) is 31.8 Å². The number of anilines is 3. The van der Waals surface area contributed by atoms with Gasteiger partial charge in [0, 0.05) is 34.6 Å². The van der Waals surface area contributed by atoms with E-state index < -0.39 is 0 Å². The van der Waals surface area contributed by atoms with E-state index in [1.165, 1.54) is 6.33 Å². The van der Waals surface area contributed by atoms with E-state index in [0.29, 0.717) is 18.1 Å². The Balaban J connectivity index is 1.83. The molecule has 3 aromatic rings. The third-order valence-corrected chi connectivity index (χ3v) is 4.39. The summed E-state index contributed by atoms with van der Waals surface area (Å²) < 4.78 is 0. The van der Waals surface area contributed by atoms with Crippen LogP contribution in [0.2, 0.25) is 0 Å². The summed E-state index contributed by atoms with van der Waals surface area (Å²) in [5.74, 6) is 4.12. The average Bonchev–Trinajstić information content (AvgIpc) is 2.69. The van der Waals surface area contributed by atoms with E-state index in [4.69, 9.17) is 6.42 Å². The minimum atomic E-state index is -0.239. The van der Waals surface area contributed by atoms with E-state index in [9.17, 15) is 4.79 Å². The highest BCUT2D eigenvalue weighted by Gasteiger charge is 2.08. The van der Waals surface area contributed by atoms with Crippen molar-refractivity contribution in [2.24, 2.45) is 0 Å². The lowest BCUT2D eigenvalue weighted by molar-refractivity contribution is 0.252. The monoisotopic (exact) mass is 377 g/mol. The number of urea groups is 1. The molecular weight excluding hydrogens is 358 g/mol. The van der Waals surface area contributed by atoms with Gasteiger partial charge in [-0.15, -0.1) is 6.42 Å². The van der Waals surface area contributed by atoms with Crippen LogP contribution in [0, 0.1) is 12.3 Å². The van der Waals surface area contributed by atoms with Gasteiger partial charge >= 0.3 is 6.03 Å². The summed E-state index contributed by atoms with van der Waals surface area (Å²) in [5.41, 5.74) is 3.05. The predicted molar refractivity (Wildman–Crippen MR) is 113 cm³/mol. The first-order valence-electron chi connectivity index (χ1n) is 8.32. The molecule has 0 bridgehead atoms. The topological polar surface area (TPSA) is 78.9 Å². The Kier molecular flexibility index (Phi) is 6.13. The van der Waals surface area contributed by atoms with Crippen molar-refractivity contribution in [2.45, 2.75) is 0 Å². The number of benzene rings is 2. The minimum Gasteiger partial charge on any atom is -0.340 e. The number of aromatic nitrogens is 2. The Morgan fingerprint density at radius 3 is 2.89 bits per heavy atom. The number of carbonyl (C=O) groups excluding carboxylic acids is 1. The molecule has 2 amide bonds. The summed E-state index contributed by atoms with van der Waals surface area (Å²) in [7, 11) is 0. The Morgan fingerprint density at radius 1 is 1.19 bits per heavy atom. The first-order valence-corrected chi connectivity index (χ1v) is 9.71. The van der Waals surface area contributed by atoms with E-state index in [1.807, 2.05) is 48.7 Å². The van der Waals surface area contributed by atoms with Crippen molar-refractivity contribution in [1.82, 2.24) is 15.3 Å². The van der Waals surface area contributed by atoms with Crippen LogP contribution in [0.4, 0.5) is 22.0 Å². The molecule has 0 radical (unpaired) electrons. The van der Waals surface area contributed by atoms with Crippen LogP contribution >= 0.6 is 11.8 Å². The fraction of sp³-hybridized carbons (Fsp3) is 0.150. The van der Waals surface area contributed by atoms with E-state index in [0.717, 1.165) is 27.9 Å². The van der Waals surface area contributed by atoms with Crippen LogP contribution in [-0.2, 0) is 0 Å². The van der Waals surface area contributed by atoms with Crippen molar-refractivity contribution in [3.05, 3.63) is 54.4 Å². The molecule has 0 aliphatic carbocycles. The maximum Gasteiger partial charge on any atom is 0.319 e. The second-order valence-electron chi connectivity index (χ2n) is 5.68. The SMILES string of the molecule is C#Cc1cccc(Nc2ncnc3ccc(NC(=O)NCCSC)cc23)c1. The van der Waals surface area contributed by atoms with E-state index >= 15 is 0 Å². The molecule has 0 spiro atoms. The van der Waals surface area contributed by atoms with Gasteiger partial charge in [0.05, 0.1) is 5.52 Å². The number of amides is 2. The highest BCUT2D eigenvalue weighted by molar-refractivity contribution is 7.98. The van der Waals surface area contributed by atoms with Gasteiger partial charge in [0.25, 0.3) is 0 Å². The lowest BCUT2D eigenvalue weighted by Crippen LogP contribution is -2.30. The van der Waals surface area contributed by atoms with Crippen LogP contribution in [0.5, 0.6) is 0 Å². The van der Waals surface area contributed by atoms with E-state index in [-0.39, 0.29) is 6.03 Å². The highest BCUT2D eigenvalue weighted by atomic mass is 32.2. The van der Waals surface area contributed by atoms with Crippen LogP contribution in [0.3, 0.4) is 0 Å². The molecule has 0 saturated heterocycles. The van der Waals surface area contributed by atoms with Gasteiger partial charge in [0.15, 0.2) is 0 Å². The standard InChI is InChI=1S/C20H19N5OS/c1-3-14-5-4-6-15(11-14)24-19-17-12-16(7-8-18(17)22-13-23-19)25-20(26)21-9-10-27-2/h1,4-8,11-13H,9-10H2,2H3,(H2,21,25,26)(H,22,23,24). The number of nitrogens with one attached hydrogen (secondary N) is 3. The zero-order chi connectivity index (χ0) is 19.1. The number of carbonyl (C=O) groups is 1. The molecule has 0 saturated carbocycles. The molecule has 136 valence electrons. The molecule has 3 rings (SSSR count). The van der Waals surface area contributed by atoms with Gasteiger partial charge in [0.2, 0.25) is 0 Å². The molecule has 0 atom stereocenters. The Hall–Kier alpha value is -3.24. The molecule has 3 N–H and O–H groups in total. The second kappa shape index (κ2) is 8.92. The molecule has 2 aromatic carbocycles. The van der Waals surface area contributed by atoms with Gasteiger partial charge < -0.3 is 16.0 Å². The zero-order valence-corrected chi connectivity index (χ0v) is 15.6. The summed E-state index contributed by atoms with van der Waals surface area (Å²) in [4.78, 5) is 20.6. The first kappa shape index (κ1) is 18.5. The highest BCUT2D eigenvalue weighted by Crippen LogP contribution is 2.26. The number of hydrogen-bond donors (Lipinski definition) is 3. The normalized spacial score (nSPS) is 10.2. The molecule has 0 aliphatic rings. The predicted octanol–water partition coefficient (Wildman–Crippen LogP) is 3.84. The molecule has 1 heterocycles. The van der Waals surface area contributed by atoms with Gasteiger partial charge in [-0.1, -0.05) is 12.0 Å². The third kappa shape index (κ3) is 4.90. The number of thioether (sulfide) groups is 1. The maximum atomic E-state index is 12.0. The van der Waals surface area contributed by atoms with Gasteiger partial charge in [-0.25, -0.2) is 14.8 Å². The van der Waals surface area contributed by atoms with Crippen LogP contribution < -0.4 is 16.0 Å². The van der Waals surface area contributed by atoms with Crippen molar-refractivity contribution < 1.29 is 4.79 Å². The van der Waals surface area contributed by atoms with Gasteiger partial charge in [0.1, 0.15) is 12.1 Å². The van der Waals surface area contributed by atoms with Gasteiger partial charge in [-0.2, -0.15) is 11.8 Å². The quantitative estimate of drug-likeness (QED) is 0.449. The summed E-state index contributed by atoms with van der Waals surface area (Å²) in [6.07, 6.45) is 8.96. The zero-order valence-electron chi connectivity index (χ0n) is 14.8. The van der Waals surface area contributed by atoms with Crippen molar-refractivity contribution >= 4 is 45.9 Å². The number of terminal acetylenes is 1. The Bertz CT molecular complexity index is 999. The smallest absolute Gasteiger partial charge is 0.319 e. The lowest BCUT2D eigenvalue weighted by Gasteiger charge is -2.11. The molecule has 27 heavy (non-hydrogen) atoms. The summed E-state index contributed by atoms with van der Waals surface area (Å²) in [6, 6.07) is 12.8. The fourth-order valence-electron chi connectivity index (χ4n) is 2.50. The Labute approximate surface area is 162 Å². The largest absolute Gasteiger partial charge is 0.340 e. The Morgan fingerprint density at radius 2 is 2.07 bits per heavy atom. The number of fused-ring (bicyclic) bond motifs is 1. The first-order chi connectivity index (χ1) is 13.2. The molecule has 0 unspecified atom stereocenters. The van der Waals surface area contributed by atoms with Crippen molar-refractivity contribution in [3.8, 4) is 12.3 Å². The summed E-state index contributed by atoms with van der Waals surface area (Å²) in [5, 5.41) is 9.71. The summed E-state index contributed by atoms with van der Waals surface area (Å²) in [6.45, 7) is 0.613. The lowest BCUT2D eigenvalue weighted by atomic mass is 10.2. The van der Waals surface area contributed by atoms with Crippen LogP contribution in [-0.4, -0.2) is 34.6 Å². The van der Waals surface area contributed by atoms with Crippen LogP contribution in [0.15, 0.2) is 48.8 Å². The fourth-order valence-corrected chi connectivity index (χ4v) is 2.81. The van der Waals surface area contributed by atoms with Crippen LogP contribution in [0.1, 0.15) is 5.56 Å². The van der Waals surface area contributed by atoms with Crippen molar-refractivity contribution in [2.75, 3.05) is 29.2 Å². The van der Waals surface area contributed by atoms with E-state index in [1.54, 1.807) is 11.8 Å². The summed E-state index contributed by atoms with van der Waals surface area (Å²) >= 11 is 1.68. The van der Waals surface area contributed by atoms with Crippen molar-refractivity contribution in [1.29, 1.82) is 0 Å². The molecule has 0 fully saturated rings.